The monoisotopic (exact) mass is 278 g/mol. The van der Waals surface area contributed by atoms with Crippen LogP contribution in [0.4, 0.5) is 17.1 Å². The van der Waals surface area contributed by atoms with Crippen LogP contribution in [0.1, 0.15) is 13.8 Å². The molecule has 0 spiro atoms. The van der Waals surface area contributed by atoms with Crippen LogP contribution in [0.3, 0.4) is 0 Å². The maximum atomic E-state index is 12.3. The van der Waals surface area contributed by atoms with Gasteiger partial charge in [-0.1, -0.05) is 0 Å². The van der Waals surface area contributed by atoms with Gasteiger partial charge in [0.15, 0.2) is 0 Å². The average Bonchev–Trinajstić information content (AvgIpc) is 2.41. The summed E-state index contributed by atoms with van der Waals surface area (Å²) in [6, 6.07) is 5.21. The Kier molecular flexibility index (Phi) is 4.34. The van der Waals surface area contributed by atoms with Crippen molar-refractivity contribution in [1.29, 1.82) is 0 Å². The number of rotatable bonds is 3. The number of nitrogen functional groups attached to an aromatic ring is 2. The number of anilines is 3. The van der Waals surface area contributed by atoms with Crippen molar-refractivity contribution >= 4 is 23.0 Å². The molecule has 1 atom stereocenters. The Bertz CT molecular complexity index is 490. The normalized spacial score (nSPS) is 19.1. The lowest BCUT2D eigenvalue weighted by atomic mass is 10.1. The van der Waals surface area contributed by atoms with Gasteiger partial charge in [-0.15, -0.1) is 0 Å². The molecule has 0 aromatic heterocycles. The summed E-state index contributed by atoms with van der Waals surface area (Å²) in [6.07, 6.45) is 0. The lowest BCUT2D eigenvalue weighted by Crippen LogP contribution is -2.55. The number of carbonyl (C=O) groups is 1. The van der Waals surface area contributed by atoms with E-state index in [-0.39, 0.29) is 18.0 Å². The molecule has 1 aliphatic rings. The fraction of sp³-hybridized carbons (Fsp3) is 0.500. The molecule has 1 aliphatic heterocycles. The first-order chi connectivity index (χ1) is 9.49. The molecule has 0 saturated carbocycles. The third-order valence-electron chi connectivity index (χ3n) is 3.26. The zero-order valence-corrected chi connectivity index (χ0v) is 11.9. The first kappa shape index (κ1) is 14.5. The van der Waals surface area contributed by atoms with Crippen LogP contribution < -0.4 is 21.7 Å². The highest BCUT2D eigenvalue weighted by molar-refractivity contribution is 5.86. The van der Waals surface area contributed by atoms with E-state index in [9.17, 15) is 4.79 Å². The topological polar surface area (TPSA) is 93.6 Å². The molecular weight excluding hydrogens is 256 g/mol. The molecule has 1 aromatic carbocycles. The van der Waals surface area contributed by atoms with Crippen LogP contribution >= 0.6 is 0 Å². The first-order valence-corrected chi connectivity index (χ1v) is 6.79. The molecule has 1 saturated heterocycles. The van der Waals surface area contributed by atoms with Gasteiger partial charge in [-0.2, -0.15) is 0 Å². The lowest BCUT2D eigenvalue weighted by molar-refractivity contribution is -0.125. The number of carbonyl (C=O) groups excluding carboxylic acids is 1. The molecule has 1 heterocycles. The molecule has 5 N–H and O–H groups in total. The van der Waals surface area contributed by atoms with Gasteiger partial charge in [-0.25, -0.2) is 0 Å². The summed E-state index contributed by atoms with van der Waals surface area (Å²) >= 11 is 0. The Morgan fingerprint density at radius 2 is 2.15 bits per heavy atom. The van der Waals surface area contributed by atoms with E-state index in [0.29, 0.717) is 31.1 Å². The number of nitrogens with one attached hydrogen (secondary N) is 1. The first-order valence-electron chi connectivity index (χ1n) is 6.79. The smallest absolute Gasteiger partial charge is 0.245 e. The van der Waals surface area contributed by atoms with Gasteiger partial charge in [0.1, 0.15) is 6.04 Å². The minimum Gasteiger partial charge on any atom is -0.397 e. The van der Waals surface area contributed by atoms with E-state index < -0.39 is 0 Å². The van der Waals surface area contributed by atoms with E-state index in [4.69, 9.17) is 16.2 Å². The maximum Gasteiger partial charge on any atom is 0.245 e. The molecule has 110 valence electrons. The minimum absolute atomic E-state index is 0.0323. The minimum atomic E-state index is -0.339. The van der Waals surface area contributed by atoms with Crippen LogP contribution in [-0.4, -0.2) is 37.7 Å². The second-order valence-corrected chi connectivity index (χ2v) is 5.26. The van der Waals surface area contributed by atoms with Gasteiger partial charge in [0.05, 0.1) is 24.6 Å². The number of nitrogens with two attached hydrogens (primary N) is 2. The Hall–Kier alpha value is -1.95. The second-order valence-electron chi connectivity index (χ2n) is 5.26. The van der Waals surface area contributed by atoms with Gasteiger partial charge in [-0.05, 0) is 32.0 Å². The van der Waals surface area contributed by atoms with Gasteiger partial charge in [0.2, 0.25) is 5.91 Å². The number of benzene rings is 1. The van der Waals surface area contributed by atoms with Gasteiger partial charge in [-0.3, -0.25) is 4.79 Å². The average molecular weight is 278 g/mol. The molecule has 1 amide bonds. The van der Waals surface area contributed by atoms with Crippen molar-refractivity contribution in [3.8, 4) is 0 Å². The number of morpholine rings is 1. The van der Waals surface area contributed by atoms with E-state index in [1.165, 1.54) is 0 Å². The van der Waals surface area contributed by atoms with Gasteiger partial charge < -0.3 is 26.4 Å². The molecule has 20 heavy (non-hydrogen) atoms. The third-order valence-corrected chi connectivity index (χ3v) is 3.26. The van der Waals surface area contributed by atoms with E-state index in [1.807, 2.05) is 24.8 Å². The number of nitrogens with zero attached hydrogens (tertiary/aromatic N) is 1. The lowest BCUT2D eigenvalue weighted by Gasteiger charge is -2.36. The van der Waals surface area contributed by atoms with Gasteiger partial charge in [0, 0.05) is 18.3 Å². The fourth-order valence-electron chi connectivity index (χ4n) is 2.25. The molecule has 0 aliphatic carbocycles. The van der Waals surface area contributed by atoms with E-state index >= 15 is 0 Å². The highest BCUT2D eigenvalue weighted by Gasteiger charge is 2.30. The summed E-state index contributed by atoms with van der Waals surface area (Å²) in [7, 11) is 0. The molecule has 0 radical (unpaired) electrons. The summed E-state index contributed by atoms with van der Waals surface area (Å²) in [4.78, 5) is 14.3. The zero-order valence-electron chi connectivity index (χ0n) is 11.9. The van der Waals surface area contributed by atoms with Crippen molar-refractivity contribution in [2.45, 2.75) is 25.9 Å². The molecular formula is C14H22N4O2. The largest absolute Gasteiger partial charge is 0.397 e. The molecule has 0 bridgehead atoms. The van der Waals surface area contributed by atoms with Crippen molar-refractivity contribution in [1.82, 2.24) is 5.32 Å². The molecule has 2 rings (SSSR count). The zero-order chi connectivity index (χ0) is 14.7. The molecule has 6 heteroatoms. The Morgan fingerprint density at radius 3 is 2.80 bits per heavy atom. The number of ether oxygens (including phenoxy) is 1. The van der Waals surface area contributed by atoms with Crippen molar-refractivity contribution in [3.63, 3.8) is 0 Å². The summed E-state index contributed by atoms with van der Waals surface area (Å²) in [6.45, 7) is 5.50. The van der Waals surface area contributed by atoms with Crippen LogP contribution in [0.2, 0.25) is 0 Å². The highest BCUT2D eigenvalue weighted by atomic mass is 16.5. The van der Waals surface area contributed by atoms with Crippen molar-refractivity contribution < 1.29 is 9.53 Å². The van der Waals surface area contributed by atoms with Crippen LogP contribution in [0.25, 0.3) is 0 Å². The van der Waals surface area contributed by atoms with E-state index in [1.54, 1.807) is 12.1 Å². The van der Waals surface area contributed by atoms with Gasteiger partial charge >= 0.3 is 0 Å². The summed E-state index contributed by atoms with van der Waals surface area (Å²) in [5.41, 5.74) is 13.5. The van der Waals surface area contributed by atoms with Crippen LogP contribution in [0.5, 0.6) is 0 Å². The quantitative estimate of drug-likeness (QED) is 0.703. The summed E-state index contributed by atoms with van der Waals surface area (Å²) < 4.78 is 5.43. The Morgan fingerprint density at radius 1 is 1.40 bits per heavy atom. The van der Waals surface area contributed by atoms with Crippen molar-refractivity contribution in [2.75, 3.05) is 36.1 Å². The van der Waals surface area contributed by atoms with Crippen LogP contribution in [0.15, 0.2) is 18.2 Å². The Labute approximate surface area is 119 Å². The van der Waals surface area contributed by atoms with Crippen LogP contribution in [0, 0.1) is 0 Å². The predicted octanol–water partition coefficient (Wildman–Crippen LogP) is 0.581. The third kappa shape index (κ3) is 3.14. The van der Waals surface area contributed by atoms with Crippen molar-refractivity contribution in [3.05, 3.63) is 18.2 Å². The fourth-order valence-corrected chi connectivity index (χ4v) is 2.25. The molecule has 1 aromatic rings. The predicted molar refractivity (Wildman–Crippen MR) is 80.5 cm³/mol. The summed E-state index contributed by atoms with van der Waals surface area (Å²) in [5.74, 6) is -0.0323. The molecule has 6 nitrogen and oxygen atoms in total. The molecule has 1 fully saturated rings. The SMILES string of the molecule is CC(C)NC(=O)C1COCCN1c1ccc(N)c(N)c1. The number of hydrogen-bond acceptors (Lipinski definition) is 5. The standard InChI is InChI=1S/C14H22N4O2/c1-9(2)17-14(19)13-8-20-6-5-18(13)10-3-4-11(15)12(16)7-10/h3-4,7,9,13H,5-6,8,15-16H2,1-2H3,(H,17,19). The molecule has 1 unspecified atom stereocenters. The van der Waals surface area contributed by atoms with E-state index in [2.05, 4.69) is 5.32 Å². The Balaban J connectivity index is 2.21. The second kappa shape index (κ2) is 6.00. The van der Waals surface area contributed by atoms with Crippen molar-refractivity contribution in [2.24, 2.45) is 0 Å². The van der Waals surface area contributed by atoms with Crippen LogP contribution in [-0.2, 0) is 9.53 Å². The van der Waals surface area contributed by atoms with Gasteiger partial charge in [0.25, 0.3) is 0 Å². The maximum absolute atomic E-state index is 12.3. The summed E-state index contributed by atoms with van der Waals surface area (Å²) in [5, 5.41) is 2.92. The highest BCUT2D eigenvalue weighted by Crippen LogP contribution is 2.25. The van der Waals surface area contributed by atoms with E-state index in [0.717, 1.165) is 5.69 Å². The number of hydrogen-bond donors (Lipinski definition) is 3. The number of amides is 1.